The van der Waals surface area contributed by atoms with Crippen molar-refractivity contribution in [2.24, 2.45) is 0 Å². The third-order valence-corrected chi connectivity index (χ3v) is 6.46. The highest BCUT2D eigenvalue weighted by molar-refractivity contribution is 7.91. The number of halogens is 3. The molecule has 29 heavy (non-hydrogen) atoms. The SMILES string of the molecule is CC1(c2ccc(C(F)(F)F)cc2)NC(=O)N(CCS(=O)(=O)c2ccccc2)C1=O. The predicted molar refractivity (Wildman–Crippen MR) is 97.5 cm³/mol. The molecule has 0 aliphatic carbocycles. The summed E-state index contributed by atoms with van der Waals surface area (Å²) in [5.41, 5.74) is -2.30. The van der Waals surface area contributed by atoms with Crippen LogP contribution in [0.15, 0.2) is 59.5 Å². The zero-order valence-electron chi connectivity index (χ0n) is 15.2. The van der Waals surface area contributed by atoms with Crippen LogP contribution < -0.4 is 5.32 Å². The first-order chi connectivity index (χ1) is 13.4. The number of rotatable bonds is 5. The number of benzene rings is 2. The number of amides is 3. The van der Waals surface area contributed by atoms with E-state index in [4.69, 9.17) is 0 Å². The standard InChI is InChI=1S/C19H17F3N2O4S/c1-18(13-7-9-14(10-8-13)19(20,21)22)16(25)24(17(26)23-18)11-12-29(27,28)15-5-3-2-4-6-15/h2-10H,11-12H2,1H3,(H,23,26). The molecule has 1 aliphatic heterocycles. The van der Waals surface area contributed by atoms with Gasteiger partial charge in [0.2, 0.25) is 0 Å². The molecule has 1 saturated heterocycles. The van der Waals surface area contributed by atoms with Crippen molar-refractivity contribution in [1.29, 1.82) is 0 Å². The van der Waals surface area contributed by atoms with Crippen molar-refractivity contribution in [3.8, 4) is 0 Å². The van der Waals surface area contributed by atoms with Crippen LogP contribution in [-0.2, 0) is 26.3 Å². The zero-order chi connectivity index (χ0) is 21.4. The Bertz CT molecular complexity index is 1040. The third-order valence-electron chi connectivity index (χ3n) is 4.75. The van der Waals surface area contributed by atoms with Crippen LogP contribution in [-0.4, -0.2) is 37.6 Å². The largest absolute Gasteiger partial charge is 0.416 e. The van der Waals surface area contributed by atoms with Gasteiger partial charge in [0.1, 0.15) is 5.54 Å². The first-order valence-electron chi connectivity index (χ1n) is 8.55. The molecule has 10 heteroatoms. The third kappa shape index (κ3) is 3.98. The van der Waals surface area contributed by atoms with Crippen molar-refractivity contribution in [1.82, 2.24) is 10.2 Å². The van der Waals surface area contributed by atoms with E-state index in [2.05, 4.69) is 5.32 Å². The summed E-state index contributed by atoms with van der Waals surface area (Å²) in [5, 5.41) is 2.44. The molecule has 1 aliphatic rings. The Morgan fingerprint density at radius 3 is 2.14 bits per heavy atom. The number of alkyl halides is 3. The summed E-state index contributed by atoms with van der Waals surface area (Å²) in [6.07, 6.45) is -4.53. The fourth-order valence-electron chi connectivity index (χ4n) is 3.05. The summed E-state index contributed by atoms with van der Waals surface area (Å²) >= 11 is 0. The lowest BCUT2D eigenvalue weighted by Gasteiger charge is -2.22. The Labute approximate surface area is 165 Å². The van der Waals surface area contributed by atoms with Gasteiger partial charge in [-0.25, -0.2) is 13.2 Å². The lowest BCUT2D eigenvalue weighted by molar-refractivity contribution is -0.137. The molecule has 154 valence electrons. The smallest absolute Gasteiger partial charge is 0.319 e. The van der Waals surface area contributed by atoms with Crippen molar-refractivity contribution in [2.45, 2.75) is 23.5 Å². The molecule has 0 saturated carbocycles. The molecule has 0 aromatic heterocycles. The average molecular weight is 426 g/mol. The molecule has 0 spiro atoms. The summed E-state index contributed by atoms with van der Waals surface area (Å²) in [6, 6.07) is 10.7. The Kier molecular flexibility index (Phi) is 5.16. The number of hydrogen-bond donors (Lipinski definition) is 1. The number of sulfone groups is 1. The monoisotopic (exact) mass is 426 g/mol. The van der Waals surface area contributed by atoms with Crippen LogP contribution >= 0.6 is 0 Å². The fraction of sp³-hybridized carbons (Fsp3) is 0.263. The molecule has 1 fully saturated rings. The second kappa shape index (κ2) is 7.18. The van der Waals surface area contributed by atoms with Crippen LogP contribution in [0.3, 0.4) is 0 Å². The van der Waals surface area contributed by atoms with Gasteiger partial charge in [-0.05, 0) is 36.8 Å². The van der Waals surface area contributed by atoms with Gasteiger partial charge in [0.25, 0.3) is 5.91 Å². The summed E-state index contributed by atoms with van der Waals surface area (Å²) in [4.78, 5) is 25.9. The predicted octanol–water partition coefficient (Wildman–Crippen LogP) is 2.95. The highest BCUT2D eigenvalue weighted by Crippen LogP contribution is 2.33. The Hall–Kier alpha value is -2.88. The first kappa shape index (κ1) is 20.8. The van der Waals surface area contributed by atoms with Gasteiger partial charge in [0.15, 0.2) is 9.84 Å². The van der Waals surface area contributed by atoms with Crippen LogP contribution in [0.2, 0.25) is 0 Å². The first-order valence-corrected chi connectivity index (χ1v) is 10.2. The van der Waals surface area contributed by atoms with Gasteiger partial charge in [0.05, 0.1) is 16.2 Å². The number of urea groups is 1. The quantitative estimate of drug-likeness (QED) is 0.746. The van der Waals surface area contributed by atoms with Crippen LogP contribution in [0, 0.1) is 0 Å². The Balaban J connectivity index is 1.79. The molecule has 1 heterocycles. The lowest BCUT2D eigenvalue weighted by atomic mass is 9.91. The highest BCUT2D eigenvalue weighted by Gasteiger charge is 2.49. The molecular weight excluding hydrogens is 409 g/mol. The van der Waals surface area contributed by atoms with Gasteiger partial charge in [-0.1, -0.05) is 30.3 Å². The van der Waals surface area contributed by atoms with Gasteiger partial charge in [-0.15, -0.1) is 0 Å². The fourth-order valence-corrected chi connectivity index (χ4v) is 4.28. The van der Waals surface area contributed by atoms with Crippen molar-refractivity contribution in [3.05, 3.63) is 65.7 Å². The molecule has 0 radical (unpaired) electrons. The normalized spacial score (nSPS) is 20.1. The van der Waals surface area contributed by atoms with Crippen LogP contribution in [0.5, 0.6) is 0 Å². The zero-order valence-corrected chi connectivity index (χ0v) is 16.0. The molecule has 0 bridgehead atoms. The van der Waals surface area contributed by atoms with E-state index in [1.807, 2.05) is 0 Å². The van der Waals surface area contributed by atoms with E-state index >= 15 is 0 Å². The van der Waals surface area contributed by atoms with E-state index in [0.717, 1.165) is 29.2 Å². The van der Waals surface area contributed by atoms with Crippen molar-refractivity contribution < 1.29 is 31.2 Å². The van der Waals surface area contributed by atoms with Crippen molar-refractivity contribution in [3.63, 3.8) is 0 Å². The number of nitrogens with one attached hydrogen (secondary N) is 1. The maximum absolute atomic E-state index is 12.8. The number of carbonyl (C=O) groups is 2. The summed E-state index contributed by atoms with van der Waals surface area (Å²) in [7, 11) is -3.72. The number of carbonyl (C=O) groups excluding carboxylic acids is 2. The van der Waals surface area contributed by atoms with E-state index in [1.54, 1.807) is 18.2 Å². The lowest BCUT2D eigenvalue weighted by Crippen LogP contribution is -2.41. The van der Waals surface area contributed by atoms with Gasteiger partial charge in [-0.3, -0.25) is 9.69 Å². The molecule has 2 aromatic carbocycles. The molecule has 1 N–H and O–H groups in total. The Morgan fingerprint density at radius 1 is 1.00 bits per heavy atom. The maximum atomic E-state index is 12.8. The van der Waals surface area contributed by atoms with E-state index in [-0.39, 0.29) is 17.0 Å². The highest BCUT2D eigenvalue weighted by atomic mass is 32.2. The molecule has 1 atom stereocenters. The van der Waals surface area contributed by atoms with Crippen LogP contribution in [0.25, 0.3) is 0 Å². The van der Waals surface area contributed by atoms with Crippen molar-refractivity contribution in [2.75, 3.05) is 12.3 Å². The maximum Gasteiger partial charge on any atom is 0.416 e. The van der Waals surface area contributed by atoms with E-state index in [0.29, 0.717) is 0 Å². The Morgan fingerprint density at radius 2 is 1.59 bits per heavy atom. The van der Waals surface area contributed by atoms with E-state index in [1.165, 1.54) is 19.1 Å². The van der Waals surface area contributed by atoms with Gasteiger partial charge in [0, 0.05) is 6.54 Å². The minimum Gasteiger partial charge on any atom is -0.319 e. The molecule has 6 nitrogen and oxygen atoms in total. The van der Waals surface area contributed by atoms with Gasteiger partial charge in [-0.2, -0.15) is 13.2 Å². The summed E-state index contributed by atoms with van der Waals surface area (Å²) in [6.45, 7) is 0.986. The molecule has 3 rings (SSSR count). The average Bonchev–Trinajstić information content (AvgIpc) is 2.90. The number of nitrogens with zero attached hydrogens (tertiary/aromatic N) is 1. The second-order valence-electron chi connectivity index (χ2n) is 6.72. The molecule has 1 unspecified atom stereocenters. The van der Waals surface area contributed by atoms with E-state index < -0.39 is 44.8 Å². The minimum absolute atomic E-state index is 0.0672. The summed E-state index contributed by atoms with van der Waals surface area (Å²) < 4.78 is 63.0. The van der Waals surface area contributed by atoms with Gasteiger partial charge >= 0.3 is 12.2 Å². The number of imide groups is 1. The summed E-state index contributed by atoms with van der Waals surface area (Å²) in [5.74, 6) is -1.20. The van der Waals surface area contributed by atoms with Crippen LogP contribution in [0.4, 0.5) is 18.0 Å². The molecule has 3 amide bonds. The minimum atomic E-state index is -4.53. The van der Waals surface area contributed by atoms with Gasteiger partial charge < -0.3 is 5.32 Å². The molecular formula is C19H17F3N2O4S. The molecule has 2 aromatic rings. The van der Waals surface area contributed by atoms with E-state index in [9.17, 15) is 31.2 Å². The number of hydrogen-bond acceptors (Lipinski definition) is 4. The van der Waals surface area contributed by atoms with Crippen molar-refractivity contribution >= 4 is 21.8 Å². The second-order valence-corrected chi connectivity index (χ2v) is 8.83. The van der Waals surface area contributed by atoms with Crippen LogP contribution in [0.1, 0.15) is 18.1 Å². The topological polar surface area (TPSA) is 83.6 Å².